The van der Waals surface area contributed by atoms with E-state index in [0.29, 0.717) is 30.0 Å². The lowest BCUT2D eigenvalue weighted by atomic mass is 9.87. The second-order valence-corrected chi connectivity index (χ2v) is 8.74. The van der Waals surface area contributed by atoms with Crippen LogP contribution in [0, 0.1) is 0 Å². The minimum atomic E-state index is -1.17. The molecule has 1 atom stereocenters. The number of amides is 4. The van der Waals surface area contributed by atoms with Crippen LogP contribution in [0.25, 0.3) is 0 Å². The number of methoxy groups -OCH3 is 1. The molecule has 0 spiro atoms. The first-order valence-corrected chi connectivity index (χ1v) is 11.5. The fraction of sp³-hybridized carbons (Fsp3) is 0.240. The number of carbonyl (C=O) groups excluding carboxylic acids is 3. The number of imide groups is 1. The predicted octanol–water partition coefficient (Wildman–Crippen LogP) is 4.15. The molecule has 1 N–H and O–H groups in total. The molecule has 33 heavy (non-hydrogen) atoms. The van der Waals surface area contributed by atoms with Crippen LogP contribution >= 0.6 is 11.3 Å². The van der Waals surface area contributed by atoms with E-state index in [1.807, 2.05) is 54.8 Å². The van der Waals surface area contributed by atoms with Crippen molar-refractivity contribution in [1.29, 1.82) is 0 Å². The van der Waals surface area contributed by atoms with E-state index < -0.39 is 17.5 Å². The summed E-state index contributed by atoms with van der Waals surface area (Å²) in [5.74, 6) is -0.0932. The van der Waals surface area contributed by atoms with Crippen LogP contribution in [0.3, 0.4) is 0 Å². The Kier molecular flexibility index (Phi) is 6.46. The quantitative estimate of drug-likeness (QED) is 0.509. The van der Waals surface area contributed by atoms with Gasteiger partial charge in [0.15, 0.2) is 0 Å². The van der Waals surface area contributed by atoms with Crippen molar-refractivity contribution in [3.8, 4) is 5.75 Å². The molecule has 1 aliphatic heterocycles. The summed E-state index contributed by atoms with van der Waals surface area (Å²) in [7, 11) is 1.58. The standard InChI is InChI=1S/C25H25N3O4S/c1-3-25(18-8-5-4-6-9-18)23(30)28(24(31)26-25)17-22(29)27(16-21-10-7-15-33-21)19-11-13-20(32-2)14-12-19/h4-15H,3,16-17H2,1-2H3,(H,26,31)/t25-/m0/s1. The fourth-order valence-electron chi connectivity index (χ4n) is 4.00. The zero-order valence-electron chi connectivity index (χ0n) is 18.5. The maximum absolute atomic E-state index is 13.4. The van der Waals surface area contributed by atoms with Crippen molar-refractivity contribution in [1.82, 2.24) is 10.2 Å². The first kappa shape index (κ1) is 22.5. The molecule has 1 aliphatic rings. The third kappa shape index (κ3) is 4.34. The molecule has 1 fully saturated rings. The summed E-state index contributed by atoms with van der Waals surface area (Å²) in [6.07, 6.45) is 0.379. The molecule has 1 aromatic heterocycles. The third-order valence-electron chi connectivity index (χ3n) is 5.85. The topological polar surface area (TPSA) is 79.0 Å². The molecule has 2 aromatic carbocycles. The molecule has 0 unspecified atom stereocenters. The SMILES string of the molecule is CC[C@@]1(c2ccccc2)NC(=O)N(CC(=O)N(Cc2cccs2)c2ccc(OC)cc2)C1=O. The normalized spacial score (nSPS) is 17.7. The Morgan fingerprint density at radius 1 is 1.06 bits per heavy atom. The van der Waals surface area contributed by atoms with Crippen molar-refractivity contribution >= 4 is 34.9 Å². The molecular formula is C25H25N3O4S. The zero-order chi connectivity index (χ0) is 23.4. The number of benzene rings is 2. The van der Waals surface area contributed by atoms with E-state index in [4.69, 9.17) is 4.74 Å². The summed E-state index contributed by atoms with van der Waals surface area (Å²) in [6, 6.07) is 19.6. The van der Waals surface area contributed by atoms with Crippen LogP contribution in [0.2, 0.25) is 0 Å². The molecular weight excluding hydrogens is 438 g/mol. The lowest BCUT2D eigenvalue weighted by Crippen LogP contribution is -2.45. The van der Waals surface area contributed by atoms with E-state index in [9.17, 15) is 14.4 Å². The number of ether oxygens (including phenoxy) is 1. The van der Waals surface area contributed by atoms with Crippen LogP contribution in [-0.2, 0) is 21.7 Å². The smallest absolute Gasteiger partial charge is 0.325 e. The fourth-order valence-corrected chi connectivity index (χ4v) is 4.69. The number of nitrogens with zero attached hydrogens (tertiary/aromatic N) is 2. The van der Waals surface area contributed by atoms with Gasteiger partial charge in [-0.1, -0.05) is 43.3 Å². The van der Waals surface area contributed by atoms with Crippen molar-refractivity contribution in [2.75, 3.05) is 18.6 Å². The van der Waals surface area contributed by atoms with Crippen LogP contribution in [-0.4, -0.2) is 36.4 Å². The Morgan fingerprint density at radius 2 is 1.79 bits per heavy atom. The molecule has 0 saturated carbocycles. The number of rotatable bonds is 8. The van der Waals surface area contributed by atoms with Gasteiger partial charge in [0.2, 0.25) is 5.91 Å². The molecule has 4 amide bonds. The maximum Gasteiger partial charge on any atom is 0.325 e. The monoisotopic (exact) mass is 463 g/mol. The average molecular weight is 464 g/mol. The van der Waals surface area contributed by atoms with Gasteiger partial charge in [0.1, 0.15) is 17.8 Å². The summed E-state index contributed by atoms with van der Waals surface area (Å²) in [4.78, 5) is 43.3. The maximum atomic E-state index is 13.4. The molecule has 0 bridgehead atoms. The highest BCUT2D eigenvalue weighted by molar-refractivity contribution is 7.09. The van der Waals surface area contributed by atoms with Crippen molar-refractivity contribution < 1.29 is 19.1 Å². The summed E-state index contributed by atoms with van der Waals surface area (Å²) >= 11 is 1.54. The second-order valence-electron chi connectivity index (χ2n) is 7.70. The number of thiophene rings is 1. The highest BCUT2D eigenvalue weighted by atomic mass is 32.1. The van der Waals surface area contributed by atoms with Gasteiger partial charge in [-0.05, 0) is 47.7 Å². The number of nitrogens with one attached hydrogen (secondary N) is 1. The Hall–Kier alpha value is -3.65. The summed E-state index contributed by atoms with van der Waals surface area (Å²) in [5.41, 5.74) is 0.189. The molecule has 0 aliphatic carbocycles. The van der Waals surface area contributed by atoms with Crippen LogP contribution in [0.1, 0.15) is 23.8 Å². The van der Waals surface area contributed by atoms with Gasteiger partial charge in [0, 0.05) is 10.6 Å². The van der Waals surface area contributed by atoms with Crippen molar-refractivity contribution in [2.24, 2.45) is 0 Å². The Labute approximate surface area is 196 Å². The Morgan fingerprint density at radius 3 is 2.39 bits per heavy atom. The van der Waals surface area contributed by atoms with Crippen LogP contribution in [0.15, 0.2) is 72.1 Å². The lowest BCUT2D eigenvalue weighted by molar-refractivity contribution is -0.134. The summed E-state index contributed by atoms with van der Waals surface area (Å²) in [6.45, 7) is 1.83. The van der Waals surface area contributed by atoms with E-state index >= 15 is 0 Å². The second kappa shape index (κ2) is 9.46. The van der Waals surface area contributed by atoms with E-state index in [-0.39, 0.29) is 12.5 Å². The number of hydrogen-bond donors (Lipinski definition) is 1. The van der Waals surface area contributed by atoms with Gasteiger partial charge in [-0.2, -0.15) is 0 Å². The first-order valence-electron chi connectivity index (χ1n) is 10.6. The van der Waals surface area contributed by atoms with Crippen molar-refractivity contribution in [3.63, 3.8) is 0 Å². The minimum absolute atomic E-state index is 0.337. The molecule has 0 radical (unpaired) electrons. The number of carbonyl (C=O) groups is 3. The summed E-state index contributed by atoms with van der Waals surface area (Å²) in [5, 5.41) is 4.77. The predicted molar refractivity (Wildman–Crippen MR) is 127 cm³/mol. The molecule has 2 heterocycles. The largest absolute Gasteiger partial charge is 0.497 e. The molecule has 1 saturated heterocycles. The molecule has 7 nitrogen and oxygen atoms in total. The highest BCUT2D eigenvalue weighted by Crippen LogP contribution is 2.32. The number of anilines is 1. The van der Waals surface area contributed by atoms with Gasteiger partial charge in [-0.3, -0.25) is 14.5 Å². The highest BCUT2D eigenvalue weighted by Gasteiger charge is 2.51. The lowest BCUT2D eigenvalue weighted by Gasteiger charge is -2.27. The van der Waals surface area contributed by atoms with Gasteiger partial charge in [0.25, 0.3) is 5.91 Å². The van der Waals surface area contributed by atoms with Crippen molar-refractivity contribution in [3.05, 3.63) is 82.6 Å². The molecule has 8 heteroatoms. The number of urea groups is 1. The van der Waals surface area contributed by atoms with Crippen LogP contribution < -0.4 is 15.0 Å². The van der Waals surface area contributed by atoms with E-state index in [0.717, 1.165) is 9.78 Å². The Balaban J connectivity index is 1.60. The van der Waals surface area contributed by atoms with E-state index in [2.05, 4.69) is 5.32 Å². The van der Waals surface area contributed by atoms with E-state index in [1.54, 1.807) is 36.3 Å². The Bertz CT molecular complexity index is 1130. The van der Waals surface area contributed by atoms with Crippen molar-refractivity contribution in [2.45, 2.75) is 25.4 Å². The van der Waals surface area contributed by atoms with Crippen LogP contribution in [0.4, 0.5) is 10.5 Å². The van der Waals surface area contributed by atoms with Gasteiger partial charge in [-0.15, -0.1) is 11.3 Å². The van der Waals surface area contributed by atoms with Crippen LogP contribution in [0.5, 0.6) is 5.75 Å². The average Bonchev–Trinajstić information content (AvgIpc) is 3.45. The summed E-state index contributed by atoms with van der Waals surface area (Å²) < 4.78 is 5.22. The molecule has 170 valence electrons. The minimum Gasteiger partial charge on any atom is -0.497 e. The first-order chi connectivity index (χ1) is 16.0. The third-order valence-corrected chi connectivity index (χ3v) is 6.71. The zero-order valence-corrected chi connectivity index (χ0v) is 19.3. The van der Waals surface area contributed by atoms with Gasteiger partial charge in [0.05, 0.1) is 13.7 Å². The van der Waals surface area contributed by atoms with Gasteiger partial charge < -0.3 is 15.0 Å². The van der Waals surface area contributed by atoms with E-state index in [1.165, 1.54) is 11.3 Å². The number of hydrogen-bond acceptors (Lipinski definition) is 5. The van der Waals surface area contributed by atoms with Gasteiger partial charge in [-0.25, -0.2) is 4.79 Å². The van der Waals surface area contributed by atoms with Gasteiger partial charge >= 0.3 is 6.03 Å². The molecule has 4 rings (SSSR count). The molecule has 3 aromatic rings.